The molecule has 5 nitrogen and oxygen atoms in total. The van der Waals surface area contributed by atoms with Crippen molar-refractivity contribution in [3.05, 3.63) is 40.9 Å². The average Bonchev–Trinajstić information content (AvgIpc) is 3.08. The Balaban J connectivity index is 1.78. The third-order valence-electron chi connectivity index (χ3n) is 4.53. The number of amides is 1. The Bertz CT molecular complexity index is 688. The Kier molecular flexibility index (Phi) is 2.59. The summed E-state index contributed by atoms with van der Waals surface area (Å²) in [6.45, 7) is 0.357. The van der Waals surface area contributed by atoms with E-state index in [1.165, 1.54) is 0 Å². The van der Waals surface area contributed by atoms with Gasteiger partial charge in [-0.1, -0.05) is 24.3 Å². The minimum atomic E-state index is -0.974. The summed E-state index contributed by atoms with van der Waals surface area (Å²) in [6.07, 6.45) is 3.14. The molecule has 0 aliphatic carbocycles. The van der Waals surface area contributed by atoms with Gasteiger partial charge in [-0.15, -0.1) is 0 Å². The number of nitrogens with zero attached hydrogens (tertiary/aromatic N) is 1. The predicted octanol–water partition coefficient (Wildman–Crippen LogP) is 1.82. The van der Waals surface area contributed by atoms with E-state index in [1.54, 1.807) is 11.0 Å². The van der Waals surface area contributed by atoms with Gasteiger partial charge in [0, 0.05) is 4.47 Å². The smallest absolute Gasteiger partial charge is 0.310 e. The second-order valence-electron chi connectivity index (χ2n) is 5.61. The standard InChI is InChI=1S/C15H12BrNO4/c16-8-3-1-2-4-9(8)17-7-15-6-5-10(21-15)11(14(19)20)12(15)13(17)18/h1-6,10-12H,7H2,(H,19,20)/t10-,11-,12+,15-/m0/s1. The van der Waals surface area contributed by atoms with Crippen LogP contribution in [-0.2, 0) is 14.3 Å². The first-order chi connectivity index (χ1) is 10.0. The zero-order chi connectivity index (χ0) is 14.8. The van der Waals surface area contributed by atoms with Crippen LogP contribution in [0.5, 0.6) is 0 Å². The van der Waals surface area contributed by atoms with E-state index in [1.807, 2.05) is 30.3 Å². The fourth-order valence-electron chi connectivity index (χ4n) is 3.65. The molecule has 0 unspecified atom stereocenters. The third-order valence-corrected chi connectivity index (χ3v) is 5.20. The SMILES string of the molecule is O=C(O)[C@H]1[C@@H]2C=C[C@@]3(CN(c4ccccc4Br)C(=O)[C@@H]13)O2. The van der Waals surface area contributed by atoms with E-state index in [0.29, 0.717) is 6.54 Å². The van der Waals surface area contributed by atoms with Gasteiger partial charge in [-0.2, -0.15) is 0 Å². The third kappa shape index (κ3) is 1.60. The highest BCUT2D eigenvalue weighted by Crippen LogP contribution is 2.53. The first-order valence-electron chi connectivity index (χ1n) is 6.69. The molecular weight excluding hydrogens is 338 g/mol. The number of rotatable bonds is 2. The number of hydrogen-bond acceptors (Lipinski definition) is 3. The Morgan fingerprint density at radius 3 is 2.90 bits per heavy atom. The maximum absolute atomic E-state index is 12.8. The highest BCUT2D eigenvalue weighted by Gasteiger charge is 2.67. The van der Waals surface area contributed by atoms with Crippen molar-refractivity contribution in [3.63, 3.8) is 0 Å². The van der Waals surface area contributed by atoms with Gasteiger partial charge in [0.2, 0.25) is 5.91 Å². The van der Waals surface area contributed by atoms with Crippen molar-refractivity contribution in [2.75, 3.05) is 11.4 Å². The summed E-state index contributed by atoms with van der Waals surface area (Å²) in [4.78, 5) is 25.9. The highest BCUT2D eigenvalue weighted by molar-refractivity contribution is 9.10. The van der Waals surface area contributed by atoms with Crippen molar-refractivity contribution in [1.82, 2.24) is 0 Å². The molecule has 1 aromatic carbocycles. The lowest BCUT2D eigenvalue weighted by Gasteiger charge is -2.22. The van der Waals surface area contributed by atoms with E-state index >= 15 is 0 Å². The zero-order valence-electron chi connectivity index (χ0n) is 10.9. The van der Waals surface area contributed by atoms with Crippen molar-refractivity contribution < 1.29 is 19.4 Å². The largest absolute Gasteiger partial charge is 0.481 e. The van der Waals surface area contributed by atoms with Gasteiger partial charge in [-0.05, 0) is 28.1 Å². The lowest BCUT2D eigenvalue weighted by Crippen LogP contribution is -2.39. The van der Waals surface area contributed by atoms with Crippen molar-refractivity contribution in [2.24, 2.45) is 11.8 Å². The van der Waals surface area contributed by atoms with E-state index in [2.05, 4.69) is 15.9 Å². The van der Waals surface area contributed by atoms with Crippen LogP contribution in [-0.4, -0.2) is 35.2 Å². The number of ether oxygens (including phenoxy) is 1. The molecule has 3 heterocycles. The van der Waals surface area contributed by atoms with Crippen molar-refractivity contribution in [2.45, 2.75) is 11.7 Å². The molecule has 6 heteroatoms. The molecule has 2 fully saturated rings. The van der Waals surface area contributed by atoms with Crippen LogP contribution < -0.4 is 4.90 Å². The Morgan fingerprint density at radius 2 is 2.19 bits per heavy atom. The summed E-state index contributed by atoms with van der Waals surface area (Å²) in [6, 6.07) is 7.42. The van der Waals surface area contributed by atoms with Crippen LogP contribution in [0.3, 0.4) is 0 Å². The number of carbonyl (C=O) groups is 2. The van der Waals surface area contributed by atoms with Crippen LogP contribution in [0.15, 0.2) is 40.9 Å². The fraction of sp³-hybridized carbons (Fsp3) is 0.333. The molecule has 2 saturated heterocycles. The number of benzene rings is 1. The zero-order valence-corrected chi connectivity index (χ0v) is 12.5. The summed E-state index contributed by atoms with van der Waals surface area (Å²) in [5.74, 6) is -2.59. The van der Waals surface area contributed by atoms with Gasteiger partial charge in [0.25, 0.3) is 0 Å². The maximum Gasteiger partial charge on any atom is 0.310 e. The van der Waals surface area contributed by atoms with E-state index in [9.17, 15) is 14.7 Å². The first kappa shape index (κ1) is 13.0. The summed E-state index contributed by atoms with van der Waals surface area (Å²) in [5, 5.41) is 9.41. The van der Waals surface area contributed by atoms with Crippen LogP contribution in [0, 0.1) is 11.8 Å². The van der Waals surface area contributed by atoms with Crippen molar-refractivity contribution in [1.29, 1.82) is 0 Å². The number of hydrogen-bond donors (Lipinski definition) is 1. The Hall–Kier alpha value is -1.66. The molecule has 0 saturated carbocycles. The molecule has 1 spiro atoms. The minimum Gasteiger partial charge on any atom is -0.481 e. The number of carboxylic acid groups (broad SMARTS) is 1. The summed E-state index contributed by atoms with van der Waals surface area (Å²) < 4.78 is 6.66. The molecule has 21 heavy (non-hydrogen) atoms. The minimum absolute atomic E-state index is 0.179. The topological polar surface area (TPSA) is 66.8 Å². The van der Waals surface area contributed by atoms with Crippen LogP contribution in [0.4, 0.5) is 5.69 Å². The van der Waals surface area contributed by atoms with Gasteiger partial charge in [-0.25, -0.2) is 0 Å². The highest BCUT2D eigenvalue weighted by atomic mass is 79.9. The Morgan fingerprint density at radius 1 is 1.43 bits per heavy atom. The van der Waals surface area contributed by atoms with Crippen LogP contribution in [0.25, 0.3) is 0 Å². The van der Waals surface area contributed by atoms with Gasteiger partial charge in [0.1, 0.15) is 11.5 Å². The molecule has 1 aromatic rings. The second-order valence-corrected chi connectivity index (χ2v) is 6.47. The lowest BCUT2D eigenvalue weighted by atomic mass is 9.77. The quantitative estimate of drug-likeness (QED) is 0.827. The molecule has 4 atom stereocenters. The molecule has 3 aliphatic rings. The molecule has 0 aromatic heterocycles. The van der Waals surface area contributed by atoms with E-state index in [0.717, 1.165) is 10.2 Å². The molecule has 108 valence electrons. The number of para-hydroxylation sites is 1. The molecule has 2 bridgehead atoms. The Labute approximate surface area is 129 Å². The van der Waals surface area contributed by atoms with Crippen LogP contribution in [0.2, 0.25) is 0 Å². The second kappa shape index (κ2) is 4.18. The molecule has 4 rings (SSSR count). The van der Waals surface area contributed by atoms with E-state index in [4.69, 9.17) is 4.74 Å². The monoisotopic (exact) mass is 349 g/mol. The summed E-state index contributed by atoms with van der Waals surface area (Å²) >= 11 is 3.44. The van der Waals surface area contributed by atoms with Gasteiger partial charge in [0.05, 0.1) is 24.3 Å². The van der Waals surface area contributed by atoms with Gasteiger partial charge < -0.3 is 14.7 Å². The van der Waals surface area contributed by atoms with E-state index < -0.39 is 29.5 Å². The molecule has 0 radical (unpaired) electrons. The summed E-state index contributed by atoms with van der Waals surface area (Å²) in [7, 11) is 0. The van der Waals surface area contributed by atoms with Gasteiger partial charge in [0.15, 0.2) is 0 Å². The predicted molar refractivity (Wildman–Crippen MR) is 77.9 cm³/mol. The number of aliphatic carboxylic acids is 1. The average molecular weight is 350 g/mol. The summed E-state index contributed by atoms with van der Waals surface area (Å²) in [5.41, 5.74) is -0.0454. The van der Waals surface area contributed by atoms with Crippen molar-refractivity contribution >= 4 is 33.5 Å². The number of carboxylic acids is 1. The maximum atomic E-state index is 12.8. The molecule has 1 amide bonds. The van der Waals surface area contributed by atoms with Gasteiger partial charge in [-0.3, -0.25) is 9.59 Å². The fourth-order valence-corrected chi connectivity index (χ4v) is 4.15. The number of carbonyl (C=O) groups excluding carboxylic acids is 1. The number of halogens is 1. The first-order valence-corrected chi connectivity index (χ1v) is 7.49. The molecule has 3 aliphatic heterocycles. The number of anilines is 1. The lowest BCUT2D eigenvalue weighted by molar-refractivity contribution is -0.146. The number of fused-ring (bicyclic) bond motifs is 1. The van der Waals surface area contributed by atoms with Crippen LogP contribution in [0.1, 0.15) is 0 Å². The molecule has 1 N–H and O–H groups in total. The van der Waals surface area contributed by atoms with Gasteiger partial charge >= 0.3 is 5.97 Å². The van der Waals surface area contributed by atoms with E-state index in [-0.39, 0.29) is 5.91 Å². The molecular formula is C15H12BrNO4. The van der Waals surface area contributed by atoms with Crippen LogP contribution >= 0.6 is 15.9 Å². The van der Waals surface area contributed by atoms with Crippen molar-refractivity contribution in [3.8, 4) is 0 Å². The normalized spacial score (nSPS) is 36.3.